The molecular weight excluding hydrogens is 472 g/mol. The first-order valence-corrected chi connectivity index (χ1v) is 12.3. The molecule has 35 heavy (non-hydrogen) atoms. The summed E-state index contributed by atoms with van der Waals surface area (Å²) < 4.78 is 27.2. The van der Waals surface area contributed by atoms with Gasteiger partial charge in [-0.05, 0) is 25.2 Å². The topological polar surface area (TPSA) is 191 Å². The van der Waals surface area contributed by atoms with Crippen LogP contribution in [-0.4, -0.2) is 64.2 Å². The Kier molecular flexibility index (Phi) is 15.5. The summed E-state index contributed by atoms with van der Waals surface area (Å²) in [6.45, 7) is -0.541. The van der Waals surface area contributed by atoms with E-state index in [9.17, 15) is 22.8 Å². The highest BCUT2D eigenvalue weighted by Crippen LogP contribution is 2.15. The molecule has 0 saturated carbocycles. The summed E-state index contributed by atoms with van der Waals surface area (Å²) in [6.07, 6.45) is -0.402. The molecule has 0 aliphatic carbocycles. The van der Waals surface area contributed by atoms with Crippen molar-refractivity contribution in [3.8, 4) is 0 Å². The minimum absolute atomic E-state index is 0.0239. The van der Waals surface area contributed by atoms with Gasteiger partial charge in [-0.3, -0.25) is 14.4 Å². The van der Waals surface area contributed by atoms with Crippen LogP contribution in [-0.2, 0) is 36.7 Å². The number of carbonyl (C=O) groups excluding carboxylic acids is 3. The zero-order valence-corrected chi connectivity index (χ0v) is 21.1. The summed E-state index contributed by atoms with van der Waals surface area (Å²) in [6, 6.07) is 16.3. The second kappa shape index (κ2) is 17.2. The zero-order valence-electron chi connectivity index (χ0n) is 20.3. The second-order valence-electron chi connectivity index (χ2n) is 6.90. The number of primary amides is 1. The average molecular weight is 509 g/mol. The van der Waals surface area contributed by atoms with Crippen LogP contribution in [0.1, 0.15) is 17.5 Å². The number of likely N-dealkylation sites (N-methyl/N-ethyl adjacent to an activating group) is 1. The quantitative estimate of drug-likeness (QED) is 0.264. The van der Waals surface area contributed by atoms with Crippen molar-refractivity contribution in [3.63, 3.8) is 0 Å². The van der Waals surface area contributed by atoms with E-state index >= 15 is 0 Å². The van der Waals surface area contributed by atoms with Crippen molar-refractivity contribution in [1.82, 2.24) is 14.9 Å². The van der Waals surface area contributed by atoms with Gasteiger partial charge < -0.3 is 27.8 Å². The van der Waals surface area contributed by atoms with Gasteiger partial charge in [-0.25, -0.2) is 8.42 Å². The van der Waals surface area contributed by atoms with Crippen molar-refractivity contribution >= 4 is 27.7 Å². The molecule has 3 amide bonds. The summed E-state index contributed by atoms with van der Waals surface area (Å²) in [5, 5.41) is 4.73. The minimum atomic E-state index is -3.87. The summed E-state index contributed by atoms with van der Waals surface area (Å²) in [5.41, 5.74) is 15.4. The van der Waals surface area contributed by atoms with Gasteiger partial charge in [0, 0.05) is 13.6 Å². The third-order valence-corrected chi connectivity index (χ3v) is 6.15. The molecular formula is C23H36N6O5S. The maximum atomic E-state index is 13.1. The van der Waals surface area contributed by atoms with E-state index in [0.29, 0.717) is 11.1 Å². The summed E-state index contributed by atoms with van der Waals surface area (Å²) >= 11 is 0. The largest absolute Gasteiger partial charge is 0.370 e. The van der Waals surface area contributed by atoms with E-state index in [2.05, 4.69) is 22.1 Å². The predicted molar refractivity (Wildman–Crippen MR) is 136 cm³/mol. The SMILES string of the molecule is CN.CN.CNC(=O)[C@H](CC(N)=O)NC(=O)CN(Cc1ccccc1)S(=O)(=O)Cc1ccccc1. The highest BCUT2D eigenvalue weighted by molar-refractivity contribution is 7.88. The predicted octanol–water partition coefficient (Wildman–Crippen LogP) is -0.725. The third kappa shape index (κ3) is 12.1. The molecule has 8 N–H and O–H groups in total. The number of sulfonamides is 1. The van der Waals surface area contributed by atoms with E-state index in [1.54, 1.807) is 60.7 Å². The molecule has 0 spiro atoms. The number of hydrogen-bond acceptors (Lipinski definition) is 7. The van der Waals surface area contributed by atoms with Gasteiger partial charge in [0.05, 0.1) is 18.7 Å². The maximum absolute atomic E-state index is 13.1. The molecule has 0 unspecified atom stereocenters. The number of amides is 3. The van der Waals surface area contributed by atoms with Crippen LogP contribution in [0.25, 0.3) is 0 Å². The van der Waals surface area contributed by atoms with Gasteiger partial charge in [-0.15, -0.1) is 0 Å². The standard InChI is InChI=1S/C21H26N4O5S.2CH5N/c1-23-21(28)18(12-19(22)26)24-20(27)14-25(13-16-8-4-2-5-9-16)31(29,30)15-17-10-6-3-7-11-17;2*1-2/h2-11,18H,12-15H2,1H3,(H2,22,26)(H,23,28)(H,24,27);2*2H2,1H3/t18-;;/m0../s1. The Morgan fingerprint density at radius 3 is 1.83 bits per heavy atom. The van der Waals surface area contributed by atoms with E-state index < -0.39 is 46.8 Å². The van der Waals surface area contributed by atoms with Crippen LogP contribution >= 0.6 is 0 Å². The number of nitrogens with zero attached hydrogens (tertiary/aromatic N) is 1. The van der Waals surface area contributed by atoms with Gasteiger partial charge >= 0.3 is 0 Å². The van der Waals surface area contributed by atoms with Gasteiger partial charge in [-0.1, -0.05) is 60.7 Å². The maximum Gasteiger partial charge on any atom is 0.242 e. The number of nitrogens with two attached hydrogens (primary N) is 3. The first-order chi connectivity index (χ1) is 16.7. The second-order valence-corrected chi connectivity index (χ2v) is 8.87. The molecule has 0 saturated heterocycles. The number of benzene rings is 2. The van der Waals surface area contributed by atoms with E-state index in [-0.39, 0.29) is 12.3 Å². The molecule has 0 heterocycles. The van der Waals surface area contributed by atoms with Crippen LogP contribution < -0.4 is 27.8 Å². The molecule has 0 aromatic heterocycles. The molecule has 0 bridgehead atoms. The lowest BCUT2D eigenvalue weighted by atomic mass is 10.2. The highest BCUT2D eigenvalue weighted by atomic mass is 32.2. The fourth-order valence-electron chi connectivity index (χ4n) is 2.90. The van der Waals surface area contributed by atoms with E-state index in [1.807, 2.05) is 0 Å². The number of hydrogen-bond donors (Lipinski definition) is 5. The van der Waals surface area contributed by atoms with Crippen LogP contribution in [0.2, 0.25) is 0 Å². The third-order valence-electron chi connectivity index (χ3n) is 4.41. The minimum Gasteiger partial charge on any atom is -0.370 e. The first-order valence-electron chi connectivity index (χ1n) is 10.7. The Hall–Kier alpha value is -3.32. The van der Waals surface area contributed by atoms with Gasteiger partial charge in [0.15, 0.2) is 0 Å². The smallest absolute Gasteiger partial charge is 0.242 e. The first kappa shape index (κ1) is 31.7. The summed E-state index contributed by atoms with van der Waals surface area (Å²) in [4.78, 5) is 35.8. The van der Waals surface area contributed by atoms with Gasteiger partial charge in [-0.2, -0.15) is 4.31 Å². The molecule has 1 atom stereocenters. The van der Waals surface area contributed by atoms with Crippen molar-refractivity contribution in [2.24, 2.45) is 17.2 Å². The van der Waals surface area contributed by atoms with Crippen molar-refractivity contribution < 1.29 is 22.8 Å². The van der Waals surface area contributed by atoms with E-state index in [4.69, 9.17) is 5.73 Å². The zero-order chi connectivity index (χ0) is 26.9. The fraction of sp³-hybridized carbons (Fsp3) is 0.348. The van der Waals surface area contributed by atoms with Crippen molar-refractivity contribution in [3.05, 3.63) is 71.8 Å². The molecule has 0 aliphatic heterocycles. The number of carbonyl (C=O) groups is 3. The van der Waals surface area contributed by atoms with Gasteiger partial charge in [0.25, 0.3) is 0 Å². The average Bonchev–Trinajstić information content (AvgIpc) is 2.86. The number of nitrogens with one attached hydrogen (secondary N) is 2. The molecule has 0 radical (unpaired) electrons. The Morgan fingerprint density at radius 1 is 0.886 bits per heavy atom. The highest BCUT2D eigenvalue weighted by Gasteiger charge is 2.28. The summed E-state index contributed by atoms with van der Waals surface area (Å²) in [7, 11) is 0.483. The fourth-order valence-corrected chi connectivity index (χ4v) is 4.36. The van der Waals surface area contributed by atoms with Gasteiger partial charge in [0.1, 0.15) is 6.04 Å². The summed E-state index contributed by atoms with van der Waals surface area (Å²) in [5.74, 6) is -2.38. The Morgan fingerprint density at radius 2 is 1.37 bits per heavy atom. The molecule has 2 rings (SSSR count). The monoisotopic (exact) mass is 508 g/mol. The molecule has 11 nitrogen and oxygen atoms in total. The van der Waals surface area contributed by atoms with Crippen molar-refractivity contribution in [2.75, 3.05) is 27.7 Å². The number of rotatable bonds is 11. The molecule has 12 heteroatoms. The lowest BCUT2D eigenvalue weighted by molar-refractivity contribution is -0.131. The van der Waals surface area contributed by atoms with Crippen LogP contribution in [0.5, 0.6) is 0 Å². The van der Waals surface area contributed by atoms with Gasteiger partial charge in [0.2, 0.25) is 27.7 Å². The van der Waals surface area contributed by atoms with Crippen LogP contribution in [0, 0.1) is 0 Å². The normalized spacial score (nSPS) is 11.1. The lowest BCUT2D eigenvalue weighted by Crippen LogP contribution is -2.50. The Balaban J connectivity index is 0.00000274. The van der Waals surface area contributed by atoms with Crippen LogP contribution in [0.3, 0.4) is 0 Å². The molecule has 0 fully saturated rings. The van der Waals surface area contributed by atoms with E-state index in [0.717, 1.165) is 4.31 Å². The Labute approximate surface area is 207 Å². The molecule has 2 aromatic rings. The van der Waals surface area contributed by atoms with Crippen LogP contribution in [0.15, 0.2) is 60.7 Å². The van der Waals surface area contributed by atoms with Crippen molar-refractivity contribution in [1.29, 1.82) is 0 Å². The van der Waals surface area contributed by atoms with E-state index in [1.165, 1.54) is 21.1 Å². The van der Waals surface area contributed by atoms with Crippen molar-refractivity contribution in [2.45, 2.75) is 24.8 Å². The van der Waals surface area contributed by atoms with Crippen LogP contribution in [0.4, 0.5) is 0 Å². The molecule has 0 aliphatic rings. The lowest BCUT2D eigenvalue weighted by Gasteiger charge is -2.23. The Bertz CT molecular complexity index is 1000. The molecule has 2 aromatic carbocycles. The molecule has 194 valence electrons.